The Kier molecular flexibility index (Phi) is 4.61. The van der Waals surface area contributed by atoms with Crippen molar-refractivity contribution in [3.05, 3.63) is 23.8 Å². The van der Waals surface area contributed by atoms with Crippen molar-refractivity contribution in [2.45, 2.75) is 25.8 Å². The largest absolute Gasteiger partial charge is 0.454 e. The highest BCUT2D eigenvalue weighted by Crippen LogP contribution is 2.36. The van der Waals surface area contributed by atoms with Crippen LogP contribution in [0, 0.1) is 6.92 Å². The van der Waals surface area contributed by atoms with Gasteiger partial charge in [0.1, 0.15) is 5.03 Å². The van der Waals surface area contributed by atoms with Crippen LogP contribution < -0.4 is 9.47 Å². The predicted octanol–water partition coefficient (Wildman–Crippen LogP) is 3.23. The SMILES string of the molecule is CCN(CC)C(=O)CSc1nc2cc3c(cc2cc1C)OCO3. The molecule has 1 amide bonds. The predicted molar refractivity (Wildman–Crippen MR) is 91.3 cm³/mol. The van der Waals surface area contributed by atoms with E-state index in [1.165, 1.54) is 11.8 Å². The van der Waals surface area contributed by atoms with Crippen LogP contribution in [-0.2, 0) is 4.79 Å². The molecule has 0 bridgehead atoms. The molecule has 0 radical (unpaired) electrons. The summed E-state index contributed by atoms with van der Waals surface area (Å²) in [6.07, 6.45) is 0. The normalized spacial score (nSPS) is 12.7. The van der Waals surface area contributed by atoms with Crippen molar-refractivity contribution in [1.82, 2.24) is 9.88 Å². The summed E-state index contributed by atoms with van der Waals surface area (Å²) in [5.41, 5.74) is 1.92. The Bertz CT molecular complexity index is 744. The first kappa shape index (κ1) is 15.9. The van der Waals surface area contributed by atoms with Gasteiger partial charge in [0.15, 0.2) is 11.5 Å². The molecule has 1 aliphatic rings. The molecule has 2 aromatic rings. The van der Waals surface area contributed by atoms with Crippen molar-refractivity contribution in [2.24, 2.45) is 0 Å². The van der Waals surface area contributed by atoms with E-state index in [4.69, 9.17) is 14.5 Å². The van der Waals surface area contributed by atoms with Gasteiger partial charge in [-0.25, -0.2) is 4.98 Å². The third kappa shape index (κ3) is 3.22. The van der Waals surface area contributed by atoms with E-state index >= 15 is 0 Å². The molecule has 0 saturated carbocycles. The Morgan fingerprint density at radius 1 is 1.22 bits per heavy atom. The molecule has 3 rings (SSSR count). The van der Waals surface area contributed by atoms with Crippen molar-refractivity contribution >= 4 is 28.6 Å². The van der Waals surface area contributed by atoms with E-state index < -0.39 is 0 Å². The van der Waals surface area contributed by atoms with Crippen molar-refractivity contribution in [3.8, 4) is 11.5 Å². The summed E-state index contributed by atoms with van der Waals surface area (Å²) >= 11 is 1.49. The van der Waals surface area contributed by atoms with E-state index in [-0.39, 0.29) is 12.7 Å². The van der Waals surface area contributed by atoms with Gasteiger partial charge in [0.2, 0.25) is 12.7 Å². The number of thioether (sulfide) groups is 1. The lowest BCUT2D eigenvalue weighted by Gasteiger charge is -2.18. The number of aromatic nitrogens is 1. The average molecular weight is 332 g/mol. The molecule has 0 N–H and O–H groups in total. The number of ether oxygens (including phenoxy) is 2. The van der Waals surface area contributed by atoms with Crippen LogP contribution in [0.5, 0.6) is 11.5 Å². The van der Waals surface area contributed by atoms with E-state index in [2.05, 4.69) is 6.07 Å². The van der Waals surface area contributed by atoms with Crippen LogP contribution in [0.1, 0.15) is 19.4 Å². The average Bonchev–Trinajstić information content (AvgIpc) is 2.99. The molecule has 1 aromatic heterocycles. The van der Waals surface area contributed by atoms with Gasteiger partial charge in [-0.2, -0.15) is 0 Å². The van der Waals surface area contributed by atoms with E-state index in [9.17, 15) is 4.79 Å². The van der Waals surface area contributed by atoms with Gasteiger partial charge in [-0.05, 0) is 38.5 Å². The fourth-order valence-corrected chi connectivity index (χ4v) is 3.49. The Balaban J connectivity index is 1.82. The Morgan fingerprint density at radius 2 is 1.91 bits per heavy atom. The van der Waals surface area contributed by atoms with E-state index in [0.717, 1.165) is 46.1 Å². The molecular formula is C17H20N2O3S. The number of nitrogens with zero attached hydrogens (tertiary/aromatic N) is 2. The van der Waals surface area contributed by atoms with Crippen molar-refractivity contribution in [1.29, 1.82) is 0 Å². The van der Waals surface area contributed by atoms with Gasteiger partial charge < -0.3 is 14.4 Å². The smallest absolute Gasteiger partial charge is 0.232 e. The van der Waals surface area contributed by atoms with Crippen molar-refractivity contribution < 1.29 is 14.3 Å². The van der Waals surface area contributed by atoms with Crippen molar-refractivity contribution in [3.63, 3.8) is 0 Å². The lowest BCUT2D eigenvalue weighted by Crippen LogP contribution is -2.31. The van der Waals surface area contributed by atoms with Gasteiger partial charge in [-0.15, -0.1) is 0 Å². The Hall–Kier alpha value is -1.95. The third-order valence-electron chi connectivity index (χ3n) is 3.90. The number of fused-ring (bicyclic) bond motifs is 2. The molecule has 0 spiro atoms. The zero-order valence-electron chi connectivity index (χ0n) is 13.6. The van der Waals surface area contributed by atoms with Gasteiger partial charge >= 0.3 is 0 Å². The summed E-state index contributed by atoms with van der Waals surface area (Å²) in [6.45, 7) is 7.74. The number of amides is 1. The van der Waals surface area contributed by atoms with Crippen LogP contribution >= 0.6 is 11.8 Å². The lowest BCUT2D eigenvalue weighted by molar-refractivity contribution is -0.127. The molecule has 2 heterocycles. The second-order valence-electron chi connectivity index (χ2n) is 5.36. The van der Waals surface area contributed by atoms with Crippen LogP contribution in [0.15, 0.2) is 23.2 Å². The Morgan fingerprint density at radius 3 is 2.61 bits per heavy atom. The highest BCUT2D eigenvalue weighted by molar-refractivity contribution is 7.99. The minimum absolute atomic E-state index is 0.145. The van der Waals surface area contributed by atoms with Gasteiger partial charge in [0, 0.05) is 24.5 Å². The standard InChI is InChI=1S/C17H20N2O3S/c1-4-19(5-2)16(20)9-23-17-11(3)6-12-7-14-15(22-10-21-14)8-13(12)18-17/h6-8H,4-5,9-10H2,1-3H3. The number of pyridine rings is 1. The quantitative estimate of drug-likeness (QED) is 0.787. The number of aryl methyl sites for hydroxylation is 1. The summed E-state index contributed by atoms with van der Waals surface area (Å²) in [4.78, 5) is 18.7. The van der Waals surface area contributed by atoms with Gasteiger partial charge in [-0.1, -0.05) is 11.8 Å². The second-order valence-corrected chi connectivity index (χ2v) is 6.33. The van der Waals surface area contributed by atoms with Crippen molar-refractivity contribution in [2.75, 3.05) is 25.6 Å². The monoisotopic (exact) mass is 332 g/mol. The van der Waals surface area contributed by atoms with Gasteiger partial charge in [0.25, 0.3) is 0 Å². The van der Waals surface area contributed by atoms with Crippen LogP contribution in [0.4, 0.5) is 0 Å². The minimum atomic E-state index is 0.145. The number of carbonyl (C=O) groups is 1. The summed E-state index contributed by atoms with van der Waals surface area (Å²) in [7, 11) is 0. The summed E-state index contributed by atoms with van der Waals surface area (Å²) in [5.74, 6) is 2.04. The molecule has 1 aromatic carbocycles. The molecule has 0 unspecified atom stereocenters. The van der Waals surface area contributed by atoms with Gasteiger partial charge in [0.05, 0.1) is 11.3 Å². The molecule has 23 heavy (non-hydrogen) atoms. The maximum atomic E-state index is 12.1. The molecule has 5 nitrogen and oxygen atoms in total. The zero-order chi connectivity index (χ0) is 16.4. The molecule has 0 fully saturated rings. The lowest BCUT2D eigenvalue weighted by atomic mass is 10.1. The third-order valence-corrected chi connectivity index (χ3v) is 4.98. The zero-order valence-corrected chi connectivity index (χ0v) is 14.4. The molecular weight excluding hydrogens is 312 g/mol. The highest BCUT2D eigenvalue weighted by Gasteiger charge is 2.17. The first-order chi connectivity index (χ1) is 11.1. The van der Waals surface area contributed by atoms with Gasteiger partial charge in [-0.3, -0.25) is 4.79 Å². The van der Waals surface area contributed by atoms with E-state index in [1.54, 1.807) is 0 Å². The number of hydrogen-bond donors (Lipinski definition) is 0. The van der Waals surface area contributed by atoms with Crippen LogP contribution in [0.3, 0.4) is 0 Å². The number of rotatable bonds is 5. The van der Waals surface area contributed by atoms with Crippen LogP contribution in [-0.4, -0.2) is 41.4 Å². The highest BCUT2D eigenvalue weighted by atomic mass is 32.2. The maximum absolute atomic E-state index is 12.1. The maximum Gasteiger partial charge on any atom is 0.232 e. The molecule has 0 aliphatic carbocycles. The van der Waals surface area contributed by atoms with E-state index in [1.807, 2.05) is 37.8 Å². The summed E-state index contributed by atoms with van der Waals surface area (Å²) in [5, 5.41) is 1.91. The topological polar surface area (TPSA) is 51.7 Å². The second kappa shape index (κ2) is 6.66. The number of hydrogen-bond acceptors (Lipinski definition) is 5. The molecule has 0 saturated heterocycles. The van der Waals surface area contributed by atoms with Crippen LogP contribution in [0.2, 0.25) is 0 Å². The fraction of sp³-hybridized carbons (Fsp3) is 0.412. The van der Waals surface area contributed by atoms with E-state index in [0.29, 0.717) is 5.75 Å². The fourth-order valence-electron chi connectivity index (χ4n) is 2.60. The first-order valence-electron chi connectivity index (χ1n) is 7.74. The molecule has 6 heteroatoms. The summed E-state index contributed by atoms with van der Waals surface area (Å²) < 4.78 is 10.8. The number of benzene rings is 1. The number of carbonyl (C=O) groups excluding carboxylic acids is 1. The molecule has 1 aliphatic heterocycles. The Labute approximate surface area is 140 Å². The molecule has 122 valence electrons. The van der Waals surface area contributed by atoms with Crippen LogP contribution in [0.25, 0.3) is 10.9 Å². The first-order valence-corrected chi connectivity index (χ1v) is 8.72. The minimum Gasteiger partial charge on any atom is -0.454 e. The summed E-state index contributed by atoms with van der Waals surface area (Å²) in [6, 6.07) is 5.93. The molecule has 0 atom stereocenters.